The van der Waals surface area contributed by atoms with Crippen molar-refractivity contribution in [2.24, 2.45) is 0 Å². The first-order chi connectivity index (χ1) is 2.91. The summed E-state index contributed by atoms with van der Waals surface area (Å²) in [5.74, 6) is 0. The summed E-state index contributed by atoms with van der Waals surface area (Å²) in [7, 11) is 0. The Hall–Kier alpha value is 0.0774. The first kappa shape index (κ1) is 10.1. The molecule has 0 aromatic carbocycles. The maximum Gasteiger partial charge on any atom is 1.00 e. The molecule has 1 heteroatoms. The van der Waals surface area contributed by atoms with E-state index < -0.39 is 0 Å². The maximum absolute atomic E-state index is 5.00. The molecule has 0 heterocycles. The second-order valence-corrected chi connectivity index (χ2v) is 1.03. The van der Waals surface area contributed by atoms with Crippen LogP contribution in [0.1, 0.15) is 13.3 Å². The van der Waals surface area contributed by atoms with Gasteiger partial charge in [0, 0.05) is 0 Å². The average molecular weight is 88.1 g/mol. The third-order valence-corrected chi connectivity index (χ3v) is 0.483. The largest absolute Gasteiger partial charge is 1.00 e. The minimum atomic E-state index is 0. The van der Waals surface area contributed by atoms with E-state index in [1.165, 1.54) is 6.08 Å². The van der Waals surface area contributed by atoms with Crippen LogP contribution in [0.15, 0.2) is 18.2 Å². The maximum atomic E-state index is 5.00. The van der Waals surface area contributed by atoms with Gasteiger partial charge in [-0.25, -0.2) is 12.2 Å². The zero-order valence-corrected chi connectivity index (χ0v) is 5.02. The zero-order chi connectivity index (χ0) is 4.83. The molecule has 0 bridgehead atoms. The van der Waals surface area contributed by atoms with E-state index in [2.05, 4.69) is 6.92 Å². The van der Waals surface area contributed by atoms with E-state index in [1.807, 2.05) is 12.2 Å². The number of allylic oxidation sites excluding steroid dienone is 3. The minimum absolute atomic E-state index is 0. The van der Waals surface area contributed by atoms with Gasteiger partial charge in [0.15, 0.2) is 0 Å². The molecule has 0 aliphatic carbocycles. The second-order valence-electron chi connectivity index (χ2n) is 1.03. The van der Waals surface area contributed by atoms with Gasteiger partial charge in [0.1, 0.15) is 0 Å². The molecule has 7 heavy (non-hydrogen) atoms. The van der Waals surface area contributed by atoms with Gasteiger partial charge in [-0.05, 0) is 0 Å². The monoisotopic (exact) mass is 88.1 g/mol. The molecule has 0 fully saturated rings. The summed E-state index contributed by atoms with van der Waals surface area (Å²) in [5, 5.41) is 0. The molecule has 0 amide bonds. The summed E-state index contributed by atoms with van der Waals surface area (Å²) < 4.78 is 0. The normalized spacial score (nSPS) is 8.14. The van der Waals surface area contributed by atoms with Gasteiger partial charge in [0.2, 0.25) is 0 Å². The van der Waals surface area contributed by atoms with Crippen LogP contribution in [0.2, 0.25) is 0 Å². The average Bonchev–Trinajstić information content (AvgIpc) is 1.61. The SMILES string of the molecule is [CH-]=C/C=C\CC.[Li+]. The molecule has 0 aliphatic heterocycles. The summed E-state index contributed by atoms with van der Waals surface area (Å²) in [5.41, 5.74) is 0. The second kappa shape index (κ2) is 9.42. The Morgan fingerprint density at radius 3 is 2.29 bits per heavy atom. The number of rotatable bonds is 2. The van der Waals surface area contributed by atoms with Gasteiger partial charge in [-0.15, -0.1) is 0 Å². The van der Waals surface area contributed by atoms with Crippen molar-refractivity contribution < 1.29 is 18.9 Å². The fraction of sp³-hybridized carbons (Fsp3) is 0.333. The van der Waals surface area contributed by atoms with Gasteiger partial charge in [-0.2, -0.15) is 6.08 Å². The van der Waals surface area contributed by atoms with Crippen LogP contribution in [0, 0.1) is 6.58 Å². The third-order valence-electron chi connectivity index (χ3n) is 0.483. The van der Waals surface area contributed by atoms with Crippen LogP contribution >= 0.6 is 0 Å². The molecule has 0 unspecified atom stereocenters. The van der Waals surface area contributed by atoms with Crippen LogP contribution in [-0.2, 0) is 0 Å². The fourth-order valence-corrected chi connectivity index (χ4v) is 0.215. The van der Waals surface area contributed by atoms with Crippen LogP contribution in [0.3, 0.4) is 0 Å². The molecular weight excluding hydrogens is 79.0 g/mol. The molecule has 0 rings (SSSR count). The fourth-order valence-electron chi connectivity index (χ4n) is 0.215. The molecule has 0 saturated carbocycles. The Labute approximate surface area is 57.5 Å². The van der Waals surface area contributed by atoms with Crippen molar-refractivity contribution in [2.45, 2.75) is 13.3 Å². The van der Waals surface area contributed by atoms with Gasteiger partial charge in [-0.3, -0.25) is 6.58 Å². The van der Waals surface area contributed by atoms with E-state index in [0.717, 1.165) is 6.42 Å². The standard InChI is InChI=1S/C6H9.Li/c1-3-5-6-4-2;/h1,3,5-6H,4H2,2H3;/q-1;+1/b6-5-;. The predicted molar refractivity (Wildman–Crippen MR) is 28.3 cm³/mol. The van der Waals surface area contributed by atoms with Crippen LogP contribution in [0.25, 0.3) is 0 Å². The topological polar surface area (TPSA) is 0 Å². The van der Waals surface area contributed by atoms with E-state index in [1.54, 1.807) is 0 Å². The van der Waals surface area contributed by atoms with Gasteiger partial charge < -0.3 is 0 Å². The van der Waals surface area contributed by atoms with Gasteiger partial charge >= 0.3 is 18.9 Å². The molecule has 0 aliphatic rings. The number of hydrogen-bond acceptors (Lipinski definition) is 0. The van der Waals surface area contributed by atoms with Crippen molar-refractivity contribution in [1.29, 1.82) is 0 Å². The Morgan fingerprint density at radius 2 is 2.14 bits per heavy atom. The van der Waals surface area contributed by atoms with Crippen molar-refractivity contribution in [3.05, 3.63) is 24.8 Å². The summed E-state index contributed by atoms with van der Waals surface area (Å²) in [6, 6.07) is 0. The van der Waals surface area contributed by atoms with Crippen LogP contribution in [0.5, 0.6) is 0 Å². The van der Waals surface area contributed by atoms with E-state index in [9.17, 15) is 0 Å². The first-order valence-corrected chi connectivity index (χ1v) is 2.12. The number of hydrogen-bond donors (Lipinski definition) is 0. The van der Waals surface area contributed by atoms with Gasteiger partial charge in [0.05, 0.1) is 0 Å². The molecule has 0 saturated heterocycles. The molecule has 0 spiro atoms. The van der Waals surface area contributed by atoms with E-state index in [-0.39, 0.29) is 18.9 Å². The molecular formula is C6H9Li. The molecule has 0 atom stereocenters. The molecule has 0 radical (unpaired) electrons. The molecule has 0 nitrogen and oxygen atoms in total. The molecule has 0 aromatic rings. The quantitative estimate of drug-likeness (QED) is 0.229. The van der Waals surface area contributed by atoms with E-state index in [4.69, 9.17) is 6.58 Å². The van der Waals surface area contributed by atoms with Crippen molar-refractivity contribution in [2.75, 3.05) is 0 Å². The minimum Gasteiger partial charge on any atom is -0.293 e. The van der Waals surface area contributed by atoms with Crippen LogP contribution in [0.4, 0.5) is 0 Å². The van der Waals surface area contributed by atoms with Crippen LogP contribution < -0.4 is 18.9 Å². The van der Waals surface area contributed by atoms with Crippen molar-refractivity contribution in [3.8, 4) is 0 Å². The first-order valence-electron chi connectivity index (χ1n) is 2.12. The van der Waals surface area contributed by atoms with Crippen molar-refractivity contribution in [1.82, 2.24) is 0 Å². The third kappa shape index (κ3) is 10.7. The van der Waals surface area contributed by atoms with E-state index in [0.29, 0.717) is 0 Å². The van der Waals surface area contributed by atoms with Gasteiger partial charge in [0.25, 0.3) is 0 Å². The molecule has 0 N–H and O–H groups in total. The smallest absolute Gasteiger partial charge is 0.293 e. The summed E-state index contributed by atoms with van der Waals surface area (Å²) in [6.07, 6.45) is 6.43. The Morgan fingerprint density at radius 1 is 1.57 bits per heavy atom. The predicted octanol–water partition coefficient (Wildman–Crippen LogP) is -1.05. The van der Waals surface area contributed by atoms with Crippen molar-refractivity contribution >= 4 is 0 Å². The van der Waals surface area contributed by atoms with Crippen LogP contribution in [-0.4, -0.2) is 0 Å². The Bertz CT molecular complexity index is 55.2. The zero-order valence-electron chi connectivity index (χ0n) is 5.02. The summed E-state index contributed by atoms with van der Waals surface area (Å²) in [6.45, 7) is 7.07. The van der Waals surface area contributed by atoms with E-state index >= 15 is 0 Å². The Kier molecular flexibility index (Phi) is 13.7. The Balaban J connectivity index is 0. The molecule has 34 valence electrons. The summed E-state index contributed by atoms with van der Waals surface area (Å²) in [4.78, 5) is 0. The molecule has 0 aromatic heterocycles. The van der Waals surface area contributed by atoms with Gasteiger partial charge in [-0.1, -0.05) is 13.3 Å². The summed E-state index contributed by atoms with van der Waals surface area (Å²) >= 11 is 0. The van der Waals surface area contributed by atoms with Crippen molar-refractivity contribution in [3.63, 3.8) is 0 Å².